The zero-order valence-corrected chi connectivity index (χ0v) is 22.9. The Morgan fingerprint density at radius 3 is 2.42 bits per heavy atom. The van der Waals surface area contributed by atoms with Crippen LogP contribution in [0.25, 0.3) is 21.0 Å². The second-order valence-corrected chi connectivity index (χ2v) is 12.7. The van der Waals surface area contributed by atoms with Crippen LogP contribution in [0.3, 0.4) is 0 Å². The second kappa shape index (κ2) is 10.6. The number of hydrogen-bond acceptors (Lipinski definition) is 7. The van der Waals surface area contributed by atoms with Crippen molar-refractivity contribution in [2.24, 2.45) is 0 Å². The molecule has 0 aliphatic rings. The van der Waals surface area contributed by atoms with Gasteiger partial charge in [0.05, 0.1) is 25.4 Å². The first-order valence-electron chi connectivity index (χ1n) is 10.1. The van der Waals surface area contributed by atoms with E-state index in [0.717, 1.165) is 17.4 Å². The zero-order valence-electron chi connectivity index (χ0n) is 18.9. The van der Waals surface area contributed by atoms with Crippen molar-refractivity contribution in [3.63, 3.8) is 0 Å². The van der Waals surface area contributed by atoms with Crippen LogP contribution in [0.4, 0.5) is 13.2 Å². The van der Waals surface area contributed by atoms with Crippen molar-refractivity contribution in [3.8, 4) is 21.0 Å². The highest BCUT2D eigenvalue weighted by molar-refractivity contribution is 7.89. The molecule has 3 rings (SSSR count). The smallest absolute Gasteiger partial charge is 0.389 e. The van der Waals surface area contributed by atoms with Gasteiger partial charge in [-0.25, -0.2) is 13.4 Å². The van der Waals surface area contributed by atoms with E-state index in [1.807, 2.05) is 0 Å². The number of hydrogen-bond donors (Lipinski definition) is 3. The van der Waals surface area contributed by atoms with Crippen LogP contribution in [-0.4, -0.2) is 48.8 Å². The van der Waals surface area contributed by atoms with E-state index < -0.39 is 43.7 Å². The Labute approximate surface area is 223 Å². The number of amides is 1. The highest BCUT2D eigenvalue weighted by Gasteiger charge is 2.39. The highest BCUT2D eigenvalue weighted by atomic mass is 35.5. The number of aromatic nitrogens is 1. The average molecular weight is 603 g/mol. The molecule has 0 saturated carbocycles. The van der Waals surface area contributed by atoms with Crippen molar-refractivity contribution in [1.29, 1.82) is 0 Å². The summed E-state index contributed by atoms with van der Waals surface area (Å²) < 4.78 is 65.4. The van der Waals surface area contributed by atoms with Crippen LogP contribution in [0.15, 0.2) is 34.5 Å². The molecule has 3 aromatic rings. The molecule has 3 N–H and O–H groups in total. The number of sulfonamides is 1. The van der Waals surface area contributed by atoms with Crippen LogP contribution >= 0.6 is 45.9 Å². The maximum Gasteiger partial charge on any atom is 0.404 e. The minimum atomic E-state index is -4.80. The molecular formula is C21H20Cl2F3N3O4S3. The van der Waals surface area contributed by atoms with Crippen molar-refractivity contribution >= 4 is 61.8 Å². The largest absolute Gasteiger partial charge is 0.404 e. The van der Waals surface area contributed by atoms with Crippen LogP contribution in [0, 0.1) is 0 Å². The van der Waals surface area contributed by atoms with Crippen LogP contribution in [0.5, 0.6) is 0 Å². The summed E-state index contributed by atoms with van der Waals surface area (Å²) in [5.41, 5.74) is -0.519. The Balaban J connectivity index is 2.06. The summed E-state index contributed by atoms with van der Waals surface area (Å²) in [5, 5.41) is 13.6. The first-order valence-corrected chi connectivity index (χ1v) is 14.1. The lowest BCUT2D eigenvalue weighted by Gasteiger charge is -2.18. The number of benzene rings is 1. The molecular weight excluding hydrogens is 582 g/mol. The van der Waals surface area contributed by atoms with Gasteiger partial charge in [-0.2, -0.15) is 17.9 Å². The lowest BCUT2D eigenvalue weighted by atomic mass is 10.1. The van der Waals surface area contributed by atoms with E-state index in [4.69, 9.17) is 23.2 Å². The van der Waals surface area contributed by atoms with E-state index in [0.29, 0.717) is 22.4 Å². The predicted octanol–water partition coefficient (Wildman–Crippen LogP) is 5.58. The Morgan fingerprint density at radius 2 is 1.86 bits per heavy atom. The number of aliphatic hydroxyl groups is 1. The molecule has 0 bridgehead atoms. The number of carbonyl (C=O) groups is 1. The molecule has 1 aromatic carbocycles. The summed E-state index contributed by atoms with van der Waals surface area (Å²) in [4.78, 5) is 17.5. The van der Waals surface area contributed by atoms with Crippen molar-refractivity contribution < 1.29 is 31.5 Å². The van der Waals surface area contributed by atoms with Gasteiger partial charge in [-0.05, 0) is 38.3 Å². The minimum Gasteiger partial charge on any atom is -0.389 e. The molecule has 0 spiro atoms. The van der Waals surface area contributed by atoms with Crippen LogP contribution < -0.4 is 10.0 Å². The molecule has 2 aromatic heterocycles. The fourth-order valence-corrected chi connectivity index (χ4v) is 6.79. The molecule has 0 aliphatic carbocycles. The Hall–Kier alpha value is -1.74. The Bertz CT molecular complexity index is 1370. The normalized spacial score (nSPS) is 13.6. The van der Waals surface area contributed by atoms with Gasteiger partial charge in [0.1, 0.15) is 16.6 Å². The molecule has 7 nitrogen and oxygen atoms in total. The van der Waals surface area contributed by atoms with Gasteiger partial charge in [-0.1, -0.05) is 35.3 Å². The van der Waals surface area contributed by atoms with Crippen molar-refractivity contribution in [1.82, 2.24) is 15.0 Å². The molecule has 36 heavy (non-hydrogen) atoms. The SMILES string of the molecule is C[C@H](NS(=O)(=O)c1ccc(-c2sc(C(=O)NCC(C)(C)O)nc2-c2cccs2)c(Cl)c1Cl)C(F)(F)F. The topological polar surface area (TPSA) is 108 Å². The molecule has 15 heteroatoms. The van der Waals surface area contributed by atoms with E-state index in [2.05, 4.69) is 10.3 Å². The molecule has 0 aliphatic heterocycles. The molecule has 0 unspecified atom stereocenters. The Kier molecular flexibility index (Phi) is 8.45. The third-order valence-corrected chi connectivity index (χ3v) is 9.20. The zero-order chi connectivity index (χ0) is 27.1. The van der Waals surface area contributed by atoms with Gasteiger partial charge in [0, 0.05) is 12.1 Å². The van der Waals surface area contributed by atoms with E-state index >= 15 is 0 Å². The summed E-state index contributed by atoms with van der Waals surface area (Å²) in [5.74, 6) is -0.544. The Morgan fingerprint density at radius 1 is 1.19 bits per heavy atom. The molecule has 0 radical (unpaired) electrons. The first kappa shape index (κ1) is 28.8. The average Bonchev–Trinajstić information content (AvgIpc) is 3.42. The van der Waals surface area contributed by atoms with E-state index in [1.54, 1.807) is 22.2 Å². The van der Waals surface area contributed by atoms with Crippen LogP contribution in [-0.2, 0) is 10.0 Å². The molecule has 1 atom stereocenters. The monoisotopic (exact) mass is 601 g/mol. The first-order chi connectivity index (χ1) is 16.5. The summed E-state index contributed by atoms with van der Waals surface area (Å²) in [6.45, 7) is 3.69. The van der Waals surface area contributed by atoms with Crippen LogP contribution in [0.1, 0.15) is 30.6 Å². The number of rotatable bonds is 8. The maximum atomic E-state index is 12.9. The third kappa shape index (κ3) is 6.57. The molecule has 2 heterocycles. The minimum absolute atomic E-state index is 0.0302. The quantitative estimate of drug-likeness (QED) is 0.312. The van der Waals surface area contributed by atoms with Gasteiger partial charge in [0.25, 0.3) is 5.91 Å². The van der Waals surface area contributed by atoms with Crippen LogP contribution in [0.2, 0.25) is 10.0 Å². The second-order valence-electron chi connectivity index (χ2n) is 8.29. The van der Waals surface area contributed by atoms with Crippen molar-refractivity contribution in [2.45, 2.75) is 43.5 Å². The van der Waals surface area contributed by atoms with Crippen molar-refractivity contribution in [2.75, 3.05) is 6.54 Å². The van der Waals surface area contributed by atoms with Crippen molar-refractivity contribution in [3.05, 3.63) is 44.7 Å². The summed E-state index contributed by atoms with van der Waals surface area (Å²) in [7, 11) is -4.66. The molecule has 1 amide bonds. The molecule has 196 valence electrons. The number of nitrogens with zero attached hydrogens (tertiary/aromatic N) is 1. The maximum absolute atomic E-state index is 12.9. The fourth-order valence-electron chi connectivity index (χ4n) is 2.83. The fraction of sp³-hybridized carbons (Fsp3) is 0.333. The molecule has 0 saturated heterocycles. The van der Waals surface area contributed by atoms with E-state index in [9.17, 15) is 31.5 Å². The van der Waals surface area contributed by atoms with Gasteiger partial charge in [0.2, 0.25) is 10.0 Å². The lowest BCUT2D eigenvalue weighted by Crippen LogP contribution is -2.43. The standard InChI is InChI=1S/C21H20Cl2F3N3O4S3/c1-10(21(24,25)26)29-36(32,33)13-7-6-11(14(22)15(13)23)17-16(12-5-4-8-34-12)28-19(35-17)18(30)27-9-20(2,3)31/h4-8,10,29,31H,9H2,1-3H3,(H,27,30)/t10-/m0/s1. The summed E-state index contributed by atoms with van der Waals surface area (Å²) in [6, 6.07) is 3.52. The van der Waals surface area contributed by atoms with Gasteiger partial charge in [-0.3, -0.25) is 4.79 Å². The number of carbonyl (C=O) groups excluding carboxylic acids is 1. The number of halogens is 5. The van der Waals surface area contributed by atoms with E-state index in [1.165, 1.54) is 31.3 Å². The number of nitrogens with one attached hydrogen (secondary N) is 2. The van der Waals surface area contributed by atoms with Gasteiger partial charge in [-0.15, -0.1) is 22.7 Å². The predicted molar refractivity (Wildman–Crippen MR) is 135 cm³/mol. The lowest BCUT2D eigenvalue weighted by molar-refractivity contribution is -0.147. The summed E-state index contributed by atoms with van der Waals surface area (Å²) >= 11 is 14.9. The highest BCUT2D eigenvalue weighted by Crippen LogP contribution is 2.45. The van der Waals surface area contributed by atoms with Gasteiger partial charge in [0.15, 0.2) is 5.01 Å². The number of thiophene rings is 1. The number of thiazole rings is 1. The van der Waals surface area contributed by atoms with Gasteiger partial charge >= 0.3 is 6.18 Å². The van der Waals surface area contributed by atoms with Gasteiger partial charge < -0.3 is 10.4 Å². The number of alkyl halides is 3. The summed E-state index contributed by atoms with van der Waals surface area (Å²) in [6.07, 6.45) is -4.80. The van der Waals surface area contributed by atoms with E-state index in [-0.39, 0.29) is 22.1 Å². The third-order valence-electron chi connectivity index (χ3n) is 4.66. The molecule has 0 fully saturated rings.